The summed E-state index contributed by atoms with van der Waals surface area (Å²) in [7, 11) is 0. The summed E-state index contributed by atoms with van der Waals surface area (Å²) in [5.41, 5.74) is 4.86. The average molecular weight is 231 g/mol. The van der Waals surface area contributed by atoms with Crippen LogP contribution in [0.2, 0.25) is 0 Å². The van der Waals surface area contributed by atoms with E-state index in [0.717, 1.165) is 17.7 Å². The van der Waals surface area contributed by atoms with Crippen LogP contribution < -0.4 is 5.43 Å². The fraction of sp³-hybridized carbons (Fsp3) is 0.385. The Bertz CT molecular complexity index is 480. The second-order valence-corrected chi connectivity index (χ2v) is 4.27. The molecule has 2 rings (SSSR count). The largest absolute Gasteiger partial charge is 0.290 e. The second-order valence-electron chi connectivity index (χ2n) is 4.27. The molecule has 0 aromatic heterocycles. The topological polar surface area (TPSA) is 61.4 Å². The first kappa shape index (κ1) is 11.6. The SMILES string of the molecule is CCC1CC(=O)NN=C1c1cccc([O])c1C. The number of hydrogen-bond donors (Lipinski definition) is 1. The molecular formula is C13H15N2O2. The molecule has 0 spiro atoms. The van der Waals surface area contributed by atoms with Crippen molar-refractivity contribution in [2.75, 3.05) is 0 Å². The third-order valence-corrected chi connectivity index (χ3v) is 3.17. The molecule has 17 heavy (non-hydrogen) atoms. The summed E-state index contributed by atoms with van der Waals surface area (Å²) >= 11 is 0. The van der Waals surface area contributed by atoms with Crippen LogP contribution in [0.15, 0.2) is 23.3 Å². The van der Waals surface area contributed by atoms with Gasteiger partial charge in [0.05, 0.1) is 5.71 Å². The maximum atomic E-state index is 11.6. The van der Waals surface area contributed by atoms with Crippen LogP contribution in [0.25, 0.3) is 0 Å². The number of rotatable bonds is 2. The molecule has 1 unspecified atom stereocenters. The minimum Gasteiger partial charge on any atom is -0.290 e. The van der Waals surface area contributed by atoms with Crippen molar-refractivity contribution in [3.63, 3.8) is 0 Å². The molecule has 0 fully saturated rings. The number of hydrogen-bond acceptors (Lipinski definition) is 2. The van der Waals surface area contributed by atoms with Crippen molar-refractivity contribution in [1.82, 2.24) is 5.43 Å². The number of nitrogens with one attached hydrogen (secondary N) is 1. The number of hydrazone groups is 1. The van der Waals surface area contributed by atoms with Crippen LogP contribution in [0.1, 0.15) is 30.9 Å². The Balaban J connectivity index is 2.45. The van der Waals surface area contributed by atoms with E-state index in [9.17, 15) is 9.90 Å². The van der Waals surface area contributed by atoms with Gasteiger partial charge in [-0.3, -0.25) is 9.90 Å². The summed E-state index contributed by atoms with van der Waals surface area (Å²) < 4.78 is 0. The highest BCUT2D eigenvalue weighted by atomic mass is 16.3. The Labute approximate surface area is 100 Å². The van der Waals surface area contributed by atoms with Gasteiger partial charge in [-0.1, -0.05) is 19.1 Å². The third kappa shape index (κ3) is 2.16. The molecule has 0 saturated carbocycles. The molecule has 1 atom stereocenters. The first-order valence-electron chi connectivity index (χ1n) is 5.77. The molecule has 0 aliphatic carbocycles. The van der Waals surface area contributed by atoms with E-state index in [-0.39, 0.29) is 17.6 Å². The lowest BCUT2D eigenvalue weighted by atomic mass is 9.88. The predicted octanol–water partition coefficient (Wildman–Crippen LogP) is 2.39. The molecule has 1 aromatic carbocycles. The maximum absolute atomic E-state index is 11.6. The normalized spacial score (nSPS) is 19.8. The van der Waals surface area contributed by atoms with Crippen LogP contribution in [0.4, 0.5) is 0 Å². The monoisotopic (exact) mass is 231 g/mol. The molecule has 1 heterocycles. The zero-order chi connectivity index (χ0) is 12.4. The average Bonchev–Trinajstić information content (AvgIpc) is 2.33. The van der Waals surface area contributed by atoms with Crippen molar-refractivity contribution in [3.05, 3.63) is 29.3 Å². The summed E-state index contributed by atoms with van der Waals surface area (Å²) in [6, 6.07) is 5.16. The van der Waals surface area contributed by atoms with Crippen LogP contribution in [-0.2, 0) is 9.90 Å². The summed E-state index contributed by atoms with van der Waals surface area (Å²) in [5, 5.41) is 15.7. The fourth-order valence-corrected chi connectivity index (χ4v) is 2.09. The molecule has 1 aliphatic heterocycles. The van der Waals surface area contributed by atoms with Crippen molar-refractivity contribution < 1.29 is 9.90 Å². The van der Waals surface area contributed by atoms with Crippen molar-refractivity contribution in [2.24, 2.45) is 11.0 Å². The predicted molar refractivity (Wildman–Crippen MR) is 64.4 cm³/mol. The number of benzene rings is 1. The Morgan fingerprint density at radius 2 is 2.24 bits per heavy atom. The van der Waals surface area contributed by atoms with Gasteiger partial charge in [-0.05, 0) is 19.4 Å². The van der Waals surface area contributed by atoms with Gasteiger partial charge in [0.15, 0.2) is 5.75 Å². The molecule has 1 aliphatic rings. The van der Waals surface area contributed by atoms with E-state index in [2.05, 4.69) is 10.5 Å². The molecule has 89 valence electrons. The zero-order valence-electron chi connectivity index (χ0n) is 9.99. The molecule has 1 aromatic rings. The molecule has 0 bridgehead atoms. The highest BCUT2D eigenvalue weighted by molar-refractivity contribution is 6.07. The molecule has 1 amide bonds. The fourth-order valence-electron chi connectivity index (χ4n) is 2.09. The Kier molecular flexibility index (Phi) is 3.13. The van der Waals surface area contributed by atoms with Gasteiger partial charge in [0, 0.05) is 23.5 Å². The molecule has 4 nitrogen and oxygen atoms in total. The number of carbonyl (C=O) groups is 1. The molecule has 1 N–H and O–H groups in total. The van der Waals surface area contributed by atoms with Crippen LogP contribution in [-0.4, -0.2) is 11.6 Å². The minimum atomic E-state index is -0.0588. The zero-order valence-corrected chi connectivity index (χ0v) is 9.99. The molecule has 4 heteroatoms. The Morgan fingerprint density at radius 1 is 1.47 bits per heavy atom. The standard InChI is InChI=1S/C13H15N2O2/c1-3-9-7-12(17)14-15-13(9)10-5-4-6-11(16)8(10)2/h4-6,9H,3,7H2,1-2H3,(H,14,17). The molecular weight excluding hydrogens is 216 g/mol. The van der Waals surface area contributed by atoms with Gasteiger partial charge in [0.1, 0.15) is 0 Å². The Hall–Kier alpha value is -1.84. The van der Waals surface area contributed by atoms with E-state index >= 15 is 0 Å². The highest BCUT2D eigenvalue weighted by Crippen LogP contribution is 2.26. The van der Waals surface area contributed by atoms with E-state index in [1.807, 2.05) is 13.0 Å². The van der Waals surface area contributed by atoms with Crippen molar-refractivity contribution >= 4 is 11.6 Å². The van der Waals surface area contributed by atoms with Gasteiger partial charge >= 0.3 is 0 Å². The smallest absolute Gasteiger partial charge is 0.240 e. The van der Waals surface area contributed by atoms with Gasteiger partial charge < -0.3 is 0 Å². The summed E-state index contributed by atoms with van der Waals surface area (Å²) in [6.45, 7) is 3.82. The Morgan fingerprint density at radius 3 is 2.94 bits per heavy atom. The van der Waals surface area contributed by atoms with E-state index in [1.54, 1.807) is 19.1 Å². The van der Waals surface area contributed by atoms with E-state index in [1.165, 1.54) is 0 Å². The summed E-state index contributed by atoms with van der Waals surface area (Å²) in [6.07, 6.45) is 1.28. The molecule has 0 saturated heterocycles. The molecule has 1 radical (unpaired) electrons. The van der Waals surface area contributed by atoms with Gasteiger partial charge in [-0.2, -0.15) is 5.10 Å². The minimum absolute atomic E-state index is 0.0111. The second kappa shape index (κ2) is 4.57. The number of amides is 1. The van der Waals surface area contributed by atoms with Gasteiger partial charge in [0.2, 0.25) is 5.91 Å². The van der Waals surface area contributed by atoms with Crippen molar-refractivity contribution in [2.45, 2.75) is 26.7 Å². The van der Waals surface area contributed by atoms with Gasteiger partial charge in [-0.15, -0.1) is 0 Å². The highest BCUT2D eigenvalue weighted by Gasteiger charge is 2.25. The van der Waals surface area contributed by atoms with Crippen LogP contribution in [0.3, 0.4) is 0 Å². The van der Waals surface area contributed by atoms with Crippen molar-refractivity contribution in [3.8, 4) is 5.75 Å². The number of carbonyl (C=O) groups excluding carboxylic acids is 1. The summed E-state index contributed by atoms with van der Waals surface area (Å²) in [5.74, 6) is 0.0535. The van der Waals surface area contributed by atoms with Crippen LogP contribution >= 0.6 is 0 Å². The first-order chi connectivity index (χ1) is 8.13. The van der Waals surface area contributed by atoms with Crippen LogP contribution in [0, 0.1) is 12.8 Å². The third-order valence-electron chi connectivity index (χ3n) is 3.17. The lowest BCUT2D eigenvalue weighted by Gasteiger charge is -2.22. The van der Waals surface area contributed by atoms with Crippen LogP contribution in [0.5, 0.6) is 5.75 Å². The van der Waals surface area contributed by atoms with Gasteiger partial charge in [0.25, 0.3) is 0 Å². The maximum Gasteiger partial charge on any atom is 0.240 e. The lowest BCUT2D eigenvalue weighted by molar-refractivity contribution is -0.122. The lowest BCUT2D eigenvalue weighted by Crippen LogP contribution is -2.33. The van der Waals surface area contributed by atoms with E-state index < -0.39 is 0 Å². The van der Waals surface area contributed by atoms with E-state index in [4.69, 9.17) is 0 Å². The van der Waals surface area contributed by atoms with Crippen molar-refractivity contribution in [1.29, 1.82) is 0 Å². The quantitative estimate of drug-likeness (QED) is 0.834. The number of nitrogens with zero attached hydrogens (tertiary/aromatic N) is 1. The van der Waals surface area contributed by atoms with E-state index in [0.29, 0.717) is 12.0 Å². The summed E-state index contributed by atoms with van der Waals surface area (Å²) in [4.78, 5) is 11.3. The first-order valence-corrected chi connectivity index (χ1v) is 5.77. The van der Waals surface area contributed by atoms with Gasteiger partial charge in [-0.25, -0.2) is 5.43 Å².